The molecule has 1 heteroatoms. The van der Waals surface area contributed by atoms with Crippen molar-refractivity contribution < 1.29 is 0 Å². The topological polar surface area (TPSA) is 3.24 Å². The molecular formula is C116H133N. The summed E-state index contributed by atoms with van der Waals surface area (Å²) in [5, 5.41) is 0. The zero-order valence-corrected chi connectivity index (χ0v) is 72.2. The van der Waals surface area contributed by atoms with Crippen molar-refractivity contribution in [1.82, 2.24) is 0 Å². The predicted octanol–water partition coefficient (Wildman–Crippen LogP) is 35.7. The average Bonchev–Trinajstić information content (AvgIpc) is 1.58. The van der Waals surface area contributed by atoms with Crippen LogP contribution in [0.5, 0.6) is 0 Å². The maximum atomic E-state index is 2.62. The van der Waals surface area contributed by atoms with Crippen LogP contribution in [0.4, 0.5) is 17.1 Å². The number of rotatable bonds is 44. The van der Waals surface area contributed by atoms with Crippen LogP contribution >= 0.6 is 0 Å². The molecule has 12 aromatic rings. The second-order valence-corrected chi connectivity index (χ2v) is 35.5. The number of hydrogen-bond acceptors (Lipinski definition) is 1. The van der Waals surface area contributed by atoms with E-state index in [4.69, 9.17) is 0 Å². The maximum Gasteiger partial charge on any atom is 0.0462 e. The lowest BCUT2D eigenvalue weighted by Crippen LogP contribution is -2.25. The zero-order chi connectivity index (χ0) is 80.2. The Labute approximate surface area is 706 Å². The Morgan fingerprint density at radius 2 is 0.359 bits per heavy atom. The Morgan fingerprint density at radius 1 is 0.162 bits per heavy atom. The van der Waals surface area contributed by atoms with Gasteiger partial charge in [-0.2, -0.15) is 0 Å². The summed E-state index contributed by atoms with van der Waals surface area (Å²) in [5.74, 6) is 0. The fourth-order valence-electron chi connectivity index (χ4n) is 21.4. The maximum absolute atomic E-state index is 2.62. The van der Waals surface area contributed by atoms with Gasteiger partial charge < -0.3 is 4.90 Å². The first-order chi connectivity index (χ1) is 57.7. The second kappa shape index (κ2) is 39.8. The summed E-state index contributed by atoms with van der Waals surface area (Å²) < 4.78 is 0. The van der Waals surface area contributed by atoms with Gasteiger partial charge >= 0.3 is 0 Å². The van der Waals surface area contributed by atoms with E-state index in [1.807, 2.05) is 0 Å². The molecule has 0 radical (unpaired) electrons. The van der Waals surface area contributed by atoms with E-state index in [1.165, 1.54) is 325 Å². The summed E-state index contributed by atoms with van der Waals surface area (Å²) in [4.78, 5) is 2.46. The normalized spacial score (nSPS) is 14.4. The van der Waals surface area contributed by atoms with E-state index in [1.54, 1.807) is 33.4 Å². The van der Waals surface area contributed by atoms with E-state index < -0.39 is 0 Å². The van der Waals surface area contributed by atoms with E-state index in [-0.39, 0.29) is 16.2 Å². The van der Waals surface area contributed by atoms with Gasteiger partial charge in [0.25, 0.3) is 0 Å². The molecule has 12 aromatic carbocycles. The molecule has 0 aromatic heterocycles. The van der Waals surface area contributed by atoms with E-state index in [9.17, 15) is 0 Å². The van der Waals surface area contributed by atoms with Gasteiger partial charge in [0.15, 0.2) is 0 Å². The van der Waals surface area contributed by atoms with Crippen molar-refractivity contribution in [3.8, 4) is 100 Å². The highest BCUT2D eigenvalue weighted by Gasteiger charge is 2.45. The summed E-state index contributed by atoms with van der Waals surface area (Å²) in [5.41, 5.74) is 36.6. The molecule has 117 heavy (non-hydrogen) atoms. The average molecular weight is 1540 g/mol. The van der Waals surface area contributed by atoms with Gasteiger partial charge in [-0.1, -0.05) is 428 Å². The molecule has 0 N–H and O–H groups in total. The first-order valence-electron chi connectivity index (χ1n) is 46.9. The van der Waals surface area contributed by atoms with E-state index in [2.05, 4.69) is 319 Å². The van der Waals surface area contributed by atoms with Crippen LogP contribution in [0.1, 0.15) is 300 Å². The Kier molecular flexibility index (Phi) is 28.1. The van der Waals surface area contributed by atoms with Gasteiger partial charge in [0.2, 0.25) is 0 Å². The Morgan fingerprint density at radius 3 is 0.607 bits per heavy atom. The van der Waals surface area contributed by atoms with Gasteiger partial charge in [-0.15, -0.1) is 0 Å². The Balaban J connectivity index is 0.752. The predicted molar refractivity (Wildman–Crippen MR) is 508 cm³/mol. The summed E-state index contributed by atoms with van der Waals surface area (Å²) in [6.07, 6.45) is 45.0. The molecule has 3 aliphatic carbocycles. The van der Waals surface area contributed by atoms with Crippen LogP contribution in [0.15, 0.2) is 273 Å². The molecule has 1 unspecified atom stereocenters. The van der Waals surface area contributed by atoms with E-state index in [0.29, 0.717) is 0 Å². The van der Waals surface area contributed by atoms with Gasteiger partial charge in [0.1, 0.15) is 0 Å². The smallest absolute Gasteiger partial charge is 0.0462 e. The second-order valence-electron chi connectivity index (χ2n) is 35.5. The first-order valence-corrected chi connectivity index (χ1v) is 46.9. The monoisotopic (exact) mass is 1540 g/mol. The molecular weight excluding hydrogens is 1410 g/mol. The molecule has 1 atom stereocenters. The quantitative estimate of drug-likeness (QED) is 0.0344. The Hall–Kier alpha value is -9.56. The van der Waals surface area contributed by atoms with E-state index >= 15 is 0 Å². The van der Waals surface area contributed by atoms with Gasteiger partial charge in [0, 0.05) is 33.3 Å². The van der Waals surface area contributed by atoms with Gasteiger partial charge in [-0.05, 0) is 245 Å². The number of nitrogens with zero attached hydrogens (tertiary/aromatic N) is 1. The number of anilines is 3. The number of hydrogen-bond donors (Lipinski definition) is 0. The lowest BCUT2D eigenvalue weighted by Gasteiger charge is -2.33. The highest BCUT2D eigenvalue weighted by molar-refractivity contribution is 5.89. The lowest BCUT2D eigenvalue weighted by atomic mass is 9.70. The molecule has 0 fully saturated rings. The minimum Gasteiger partial charge on any atom is -0.311 e. The molecule has 0 saturated carbocycles. The highest BCUT2D eigenvalue weighted by Crippen LogP contribution is 2.59. The minimum absolute atomic E-state index is 0.0355. The molecule has 0 spiro atoms. The molecule has 1 nitrogen and oxygen atoms in total. The summed E-state index contributed by atoms with van der Waals surface area (Å²) in [7, 11) is 0. The summed E-state index contributed by atoms with van der Waals surface area (Å²) in [6.45, 7) is 14.0. The van der Waals surface area contributed by atoms with Crippen LogP contribution in [0, 0.1) is 0 Å². The van der Waals surface area contributed by atoms with Crippen molar-refractivity contribution in [2.24, 2.45) is 0 Å². The highest BCUT2D eigenvalue weighted by atomic mass is 15.1. The summed E-state index contributed by atoms with van der Waals surface area (Å²) in [6, 6.07) is 107. The molecule has 3 aliphatic rings. The summed E-state index contributed by atoms with van der Waals surface area (Å²) >= 11 is 0. The standard InChI is InChI=1S/C116H133N/c1-7-13-19-25-37-76-114(75-36-24-18-12-6)108-54-33-30-51-102(108)105-72-63-96(84-111(105)114)93-48-42-45-90(81-93)87-57-66-99(67-58-87)117(100-68-59-88(60-69-100)91-46-43-49-94(82-91)97-64-73-106-103-52-31-34-55-109(103)115(112(106)85-97,77-38-26-20-14-8-2)78-39-27-21-15-9-3)101-70-61-89(62-71-101)92-47-44-50-95(83-92)98-65-74-107-104-53-32-35-56-110(104)116(113(107)86-98,79-40-28-22-16-10-4)80-41-29-23-17-11-5/h30-35,42-74,81-86H,7-29,36-41,75-80H2,1-6H3. The van der Waals surface area contributed by atoms with Gasteiger partial charge in [-0.25, -0.2) is 0 Å². The number of benzene rings is 12. The van der Waals surface area contributed by atoms with Crippen molar-refractivity contribution >= 4 is 17.1 Å². The SMILES string of the molecule is CCCCCCCC1(CCCCCC)c2ccccc2-c2ccc(-c3cccc(-c4ccc(N(c5ccc(-c6cccc(-c7ccc8c(c7)C(CCCCCCC)(CCCCCCC)c7ccccc7-8)c6)cc5)c5ccc(-c6cccc(-c7ccc8c(c7)C(CCCCCCC)(CCCCCCC)c7ccccc7-8)c6)cc5)cc4)c3)cc21. The first kappa shape index (κ1) is 82.5. The van der Waals surface area contributed by atoms with Crippen molar-refractivity contribution in [2.75, 3.05) is 4.90 Å². The van der Waals surface area contributed by atoms with Crippen molar-refractivity contribution in [3.63, 3.8) is 0 Å². The van der Waals surface area contributed by atoms with Crippen LogP contribution < -0.4 is 4.90 Å². The van der Waals surface area contributed by atoms with Crippen LogP contribution in [-0.2, 0) is 16.2 Å². The third-order valence-corrected chi connectivity index (χ3v) is 27.8. The van der Waals surface area contributed by atoms with Crippen LogP contribution in [0.25, 0.3) is 100 Å². The van der Waals surface area contributed by atoms with Crippen molar-refractivity contribution in [2.45, 2.75) is 283 Å². The lowest BCUT2D eigenvalue weighted by molar-refractivity contribution is 0.399. The molecule has 602 valence electrons. The molecule has 0 amide bonds. The number of fused-ring (bicyclic) bond motifs is 9. The Bertz CT molecular complexity index is 4930. The van der Waals surface area contributed by atoms with Gasteiger partial charge in [0.05, 0.1) is 0 Å². The minimum atomic E-state index is 0.0355. The van der Waals surface area contributed by atoms with E-state index in [0.717, 1.165) is 17.1 Å². The third kappa shape index (κ3) is 18.1. The fourth-order valence-corrected chi connectivity index (χ4v) is 21.4. The van der Waals surface area contributed by atoms with Crippen LogP contribution in [-0.4, -0.2) is 0 Å². The number of unbranched alkanes of at least 4 members (excludes halogenated alkanes) is 23. The van der Waals surface area contributed by atoms with Crippen LogP contribution in [0.2, 0.25) is 0 Å². The zero-order valence-electron chi connectivity index (χ0n) is 72.2. The fraction of sp³-hybridized carbons (Fsp3) is 0.379. The molecule has 0 aliphatic heterocycles. The largest absolute Gasteiger partial charge is 0.311 e. The van der Waals surface area contributed by atoms with Gasteiger partial charge in [-0.3, -0.25) is 0 Å². The van der Waals surface area contributed by atoms with Crippen molar-refractivity contribution in [1.29, 1.82) is 0 Å². The molecule has 0 saturated heterocycles. The van der Waals surface area contributed by atoms with Crippen LogP contribution in [0.3, 0.4) is 0 Å². The molecule has 0 bridgehead atoms. The molecule has 15 rings (SSSR count). The molecule has 0 heterocycles. The van der Waals surface area contributed by atoms with Crippen molar-refractivity contribution in [3.05, 3.63) is 306 Å². The third-order valence-electron chi connectivity index (χ3n) is 27.8.